The van der Waals surface area contributed by atoms with Gasteiger partial charge in [0.2, 0.25) is 0 Å². The Balaban J connectivity index is 3.30. The van der Waals surface area contributed by atoms with E-state index in [1.807, 2.05) is 0 Å². The minimum atomic E-state index is -4.66. The van der Waals surface area contributed by atoms with Crippen LogP contribution >= 0.6 is 0 Å². The highest BCUT2D eigenvalue weighted by Crippen LogP contribution is 2.40. The molecule has 0 aromatic heterocycles. The van der Waals surface area contributed by atoms with Gasteiger partial charge in [0.25, 0.3) is 0 Å². The number of rotatable bonds is 2. The molecule has 0 aliphatic carbocycles. The normalized spacial score (nSPS) is 16.1. The molecule has 1 nitrogen and oxygen atoms in total. The van der Waals surface area contributed by atoms with Crippen molar-refractivity contribution < 1.29 is 17.6 Å². The monoisotopic (exact) mass is 221 g/mol. The molecule has 0 fully saturated rings. The van der Waals surface area contributed by atoms with Crippen molar-refractivity contribution in [1.82, 2.24) is 0 Å². The number of hydrogen-bond donors (Lipinski definition) is 1. The van der Waals surface area contributed by atoms with Crippen molar-refractivity contribution in [2.24, 2.45) is 5.73 Å². The van der Waals surface area contributed by atoms with Crippen molar-refractivity contribution in [3.8, 4) is 0 Å². The van der Waals surface area contributed by atoms with Crippen LogP contribution in [0.15, 0.2) is 24.3 Å². The van der Waals surface area contributed by atoms with E-state index >= 15 is 0 Å². The maximum Gasteiger partial charge on any atom is 0.410 e. The average molecular weight is 221 g/mol. The number of nitrogens with two attached hydrogens (primary N) is 1. The Labute approximate surface area is 84.9 Å². The second-order valence-corrected chi connectivity index (χ2v) is 3.30. The van der Waals surface area contributed by atoms with Crippen molar-refractivity contribution in [3.05, 3.63) is 35.6 Å². The molecule has 0 spiro atoms. The Morgan fingerprint density at radius 1 is 1.20 bits per heavy atom. The highest BCUT2D eigenvalue weighted by Gasteiger charge is 2.52. The molecule has 0 bridgehead atoms. The summed E-state index contributed by atoms with van der Waals surface area (Å²) >= 11 is 0. The van der Waals surface area contributed by atoms with Crippen LogP contribution in [0.25, 0.3) is 0 Å². The Morgan fingerprint density at radius 2 is 1.73 bits per heavy atom. The van der Waals surface area contributed by atoms with E-state index in [9.17, 15) is 17.6 Å². The van der Waals surface area contributed by atoms with Crippen molar-refractivity contribution in [1.29, 1.82) is 0 Å². The predicted molar refractivity (Wildman–Crippen MR) is 48.6 cm³/mol. The van der Waals surface area contributed by atoms with Crippen LogP contribution in [-0.4, -0.2) is 6.18 Å². The van der Waals surface area contributed by atoms with Crippen LogP contribution in [0.5, 0.6) is 0 Å². The average Bonchev–Trinajstić information content (AvgIpc) is 2.15. The van der Waals surface area contributed by atoms with E-state index in [0.717, 1.165) is 12.1 Å². The van der Waals surface area contributed by atoms with Crippen molar-refractivity contribution in [2.45, 2.75) is 25.1 Å². The summed E-state index contributed by atoms with van der Waals surface area (Å²) in [5.74, 6) is -0.931. The third-order valence-corrected chi connectivity index (χ3v) is 2.42. The van der Waals surface area contributed by atoms with Gasteiger partial charge in [-0.3, -0.25) is 0 Å². The molecule has 0 aliphatic heterocycles. The molecule has 1 atom stereocenters. The van der Waals surface area contributed by atoms with Gasteiger partial charge in [0, 0.05) is 5.56 Å². The van der Waals surface area contributed by atoms with E-state index in [1.54, 1.807) is 0 Å². The Hall–Kier alpha value is -1.10. The lowest BCUT2D eigenvalue weighted by atomic mass is 9.87. The largest absolute Gasteiger partial charge is 0.410 e. The molecule has 2 N–H and O–H groups in total. The smallest absolute Gasteiger partial charge is 0.314 e. The summed E-state index contributed by atoms with van der Waals surface area (Å²) in [7, 11) is 0. The van der Waals surface area contributed by atoms with Gasteiger partial charge in [-0.05, 0) is 12.5 Å². The van der Waals surface area contributed by atoms with Gasteiger partial charge in [-0.25, -0.2) is 4.39 Å². The van der Waals surface area contributed by atoms with Crippen molar-refractivity contribution in [3.63, 3.8) is 0 Å². The first-order valence-electron chi connectivity index (χ1n) is 4.43. The van der Waals surface area contributed by atoms with Gasteiger partial charge in [-0.15, -0.1) is 0 Å². The zero-order valence-corrected chi connectivity index (χ0v) is 8.11. The lowest BCUT2D eigenvalue weighted by Gasteiger charge is -2.31. The molecule has 1 aromatic rings. The Morgan fingerprint density at radius 3 is 2.13 bits per heavy atom. The fraction of sp³-hybridized carbons (Fsp3) is 0.400. The number of benzene rings is 1. The van der Waals surface area contributed by atoms with Crippen LogP contribution in [-0.2, 0) is 5.54 Å². The predicted octanol–water partition coefficient (Wildman–Crippen LogP) is 2.95. The zero-order chi connectivity index (χ0) is 11.7. The molecular formula is C10H11F4N. The molecule has 0 amide bonds. The van der Waals surface area contributed by atoms with Crippen LogP contribution in [0.2, 0.25) is 0 Å². The third-order valence-electron chi connectivity index (χ3n) is 2.42. The number of halogens is 4. The first kappa shape index (κ1) is 12.0. The SMILES string of the molecule is CCC(N)(c1ccccc1F)C(F)(F)F. The molecule has 0 saturated carbocycles. The molecule has 1 aromatic carbocycles. The number of hydrogen-bond acceptors (Lipinski definition) is 1. The first-order chi connectivity index (χ1) is 6.83. The van der Waals surface area contributed by atoms with Gasteiger partial charge in [-0.2, -0.15) is 13.2 Å². The Kier molecular flexibility index (Phi) is 3.04. The first-order valence-corrected chi connectivity index (χ1v) is 4.43. The summed E-state index contributed by atoms with van der Waals surface area (Å²) in [6, 6.07) is 4.69. The van der Waals surface area contributed by atoms with E-state index in [2.05, 4.69) is 0 Å². The van der Waals surface area contributed by atoms with Gasteiger partial charge in [0.1, 0.15) is 11.4 Å². The summed E-state index contributed by atoms with van der Waals surface area (Å²) < 4.78 is 51.3. The molecular weight excluding hydrogens is 210 g/mol. The van der Waals surface area contributed by atoms with E-state index in [1.165, 1.54) is 19.1 Å². The maximum absolute atomic E-state index is 13.2. The molecule has 0 radical (unpaired) electrons. The van der Waals surface area contributed by atoms with Gasteiger partial charge in [-0.1, -0.05) is 25.1 Å². The highest BCUT2D eigenvalue weighted by molar-refractivity contribution is 5.27. The molecule has 0 saturated heterocycles. The van der Waals surface area contributed by atoms with Gasteiger partial charge in [0.05, 0.1) is 0 Å². The van der Waals surface area contributed by atoms with Gasteiger partial charge >= 0.3 is 6.18 Å². The molecule has 1 unspecified atom stereocenters. The minimum absolute atomic E-state index is 0.405. The molecule has 0 heterocycles. The standard InChI is InChI=1S/C10H11F4N/c1-2-9(15,10(12,13)14)7-5-3-4-6-8(7)11/h3-6H,2,15H2,1H3. The third kappa shape index (κ3) is 1.97. The summed E-state index contributed by atoms with van der Waals surface area (Å²) in [4.78, 5) is 0. The van der Waals surface area contributed by atoms with E-state index < -0.39 is 29.5 Å². The second kappa shape index (κ2) is 3.81. The second-order valence-electron chi connectivity index (χ2n) is 3.30. The van der Waals surface area contributed by atoms with Crippen LogP contribution in [0.3, 0.4) is 0 Å². The molecule has 5 heteroatoms. The zero-order valence-electron chi connectivity index (χ0n) is 8.11. The minimum Gasteiger partial charge on any atom is -0.314 e. The molecule has 84 valence electrons. The van der Waals surface area contributed by atoms with E-state index in [0.29, 0.717) is 0 Å². The summed E-state index contributed by atoms with van der Waals surface area (Å²) in [6.07, 6.45) is -5.07. The van der Waals surface area contributed by atoms with Crippen molar-refractivity contribution >= 4 is 0 Å². The molecule has 0 aliphatic rings. The van der Waals surface area contributed by atoms with Crippen LogP contribution in [0, 0.1) is 5.82 Å². The molecule has 15 heavy (non-hydrogen) atoms. The molecule has 1 rings (SSSR count). The number of alkyl halides is 3. The van der Waals surface area contributed by atoms with Crippen molar-refractivity contribution in [2.75, 3.05) is 0 Å². The lowest BCUT2D eigenvalue weighted by Crippen LogP contribution is -2.50. The van der Waals surface area contributed by atoms with E-state index in [4.69, 9.17) is 5.73 Å². The topological polar surface area (TPSA) is 26.0 Å². The Bertz CT molecular complexity index is 348. The summed E-state index contributed by atoms with van der Waals surface area (Å²) in [5.41, 5.74) is 2.10. The fourth-order valence-corrected chi connectivity index (χ4v) is 1.37. The summed E-state index contributed by atoms with van der Waals surface area (Å²) in [5, 5.41) is 0. The van der Waals surface area contributed by atoms with E-state index in [-0.39, 0.29) is 0 Å². The maximum atomic E-state index is 13.2. The highest BCUT2D eigenvalue weighted by atomic mass is 19.4. The van der Waals surface area contributed by atoms with Gasteiger partial charge in [0.15, 0.2) is 0 Å². The summed E-state index contributed by atoms with van der Waals surface area (Å²) in [6.45, 7) is 1.28. The van der Waals surface area contributed by atoms with Crippen LogP contribution in [0.4, 0.5) is 17.6 Å². The van der Waals surface area contributed by atoms with Crippen LogP contribution in [0.1, 0.15) is 18.9 Å². The fourth-order valence-electron chi connectivity index (χ4n) is 1.37. The van der Waals surface area contributed by atoms with Gasteiger partial charge < -0.3 is 5.73 Å². The van der Waals surface area contributed by atoms with Crippen LogP contribution < -0.4 is 5.73 Å². The lowest BCUT2D eigenvalue weighted by molar-refractivity contribution is -0.191. The quantitative estimate of drug-likeness (QED) is 0.763.